The summed E-state index contributed by atoms with van der Waals surface area (Å²) in [7, 11) is 0. The van der Waals surface area contributed by atoms with E-state index in [-0.39, 0.29) is 11.5 Å². The molecule has 1 saturated heterocycles. The number of hydrogen-bond donors (Lipinski definition) is 1. The Kier molecular flexibility index (Phi) is 4.31. The van der Waals surface area contributed by atoms with Crippen molar-refractivity contribution in [2.45, 2.75) is 38.9 Å². The third kappa shape index (κ3) is 2.74. The van der Waals surface area contributed by atoms with Gasteiger partial charge in [-0.15, -0.1) is 10.3 Å². The van der Waals surface area contributed by atoms with E-state index in [1.165, 1.54) is 0 Å². The molecule has 1 aromatic rings. The topological polar surface area (TPSA) is 64.6 Å². The zero-order chi connectivity index (χ0) is 16.5. The Bertz CT molecular complexity index is 674. The van der Waals surface area contributed by atoms with Gasteiger partial charge in [-0.05, 0) is 39.9 Å². The second-order valence-electron chi connectivity index (χ2n) is 6.16. The van der Waals surface area contributed by atoms with Gasteiger partial charge in [0.25, 0.3) is 0 Å². The lowest BCUT2D eigenvalue weighted by atomic mass is 9.97. The summed E-state index contributed by atoms with van der Waals surface area (Å²) in [6.45, 7) is 6.99. The molecule has 0 saturated carbocycles. The van der Waals surface area contributed by atoms with Gasteiger partial charge in [0.1, 0.15) is 11.4 Å². The minimum Gasteiger partial charge on any atom is -0.366 e. The van der Waals surface area contributed by atoms with Crippen LogP contribution in [0.3, 0.4) is 0 Å². The highest BCUT2D eigenvalue weighted by Gasteiger charge is 2.51. The van der Waals surface area contributed by atoms with Crippen LogP contribution in [-0.2, 0) is 5.21 Å². The number of allylic oxidation sites excluding steroid dienone is 1. The van der Waals surface area contributed by atoms with Gasteiger partial charge in [-0.3, -0.25) is 4.79 Å². The fourth-order valence-corrected chi connectivity index (χ4v) is 2.74. The first-order valence-electron chi connectivity index (χ1n) is 6.90. The van der Waals surface area contributed by atoms with Crippen molar-refractivity contribution in [1.82, 2.24) is 10.4 Å². The van der Waals surface area contributed by atoms with Crippen LogP contribution in [0.2, 0.25) is 0 Å². The number of ketones is 1. The summed E-state index contributed by atoms with van der Waals surface area (Å²) >= 11 is 4.67. The largest absolute Gasteiger partial charge is 0.366 e. The van der Waals surface area contributed by atoms with Crippen LogP contribution in [0.25, 0.3) is 0 Å². The van der Waals surface area contributed by atoms with Gasteiger partial charge in [-0.2, -0.15) is 4.99 Å². The third-order valence-electron chi connectivity index (χ3n) is 3.70. The molecule has 6 heteroatoms. The van der Waals surface area contributed by atoms with Crippen LogP contribution in [0.5, 0.6) is 0 Å². The number of rotatable bonds is 3. The number of carbonyl (C=O) groups is 1. The molecule has 0 aromatic heterocycles. The van der Waals surface area contributed by atoms with Crippen molar-refractivity contribution in [2.24, 2.45) is 4.99 Å². The monoisotopic (exact) mass is 316 g/mol. The molecule has 1 aliphatic heterocycles. The van der Waals surface area contributed by atoms with Crippen molar-refractivity contribution in [1.29, 1.82) is 0 Å². The van der Waals surface area contributed by atoms with Crippen LogP contribution in [-0.4, -0.2) is 27.2 Å². The van der Waals surface area contributed by atoms with Gasteiger partial charge < -0.3 is 5.32 Å². The molecule has 1 N–H and O–H groups in total. The van der Waals surface area contributed by atoms with Gasteiger partial charge in [-0.1, -0.05) is 30.3 Å². The first-order chi connectivity index (χ1) is 10.2. The maximum absolute atomic E-state index is 12.7. The highest BCUT2D eigenvalue weighted by atomic mass is 32.1. The normalized spacial score (nSPS) is 21.7. The number of nitrogens with one attached hydrogen (secondary N) is 1. The Balaban J connectivity index is 2.61. The molecule has 1 heterocycles. The summed E-state index contributed by atoms with van der Waals surface area (Å²) in [5, 5.41) is 18.7. The molecule has 0 bridgehead atoms. The average molecular weight is 316 g/mol. The number of hydrogen-bond acceptors (Lipinski definition) is 5. The molecule has 0 atom stereocenters. The summed E-state index contributed by atoms with van der Waals surface area (Å²) in [4.78, 5) is 16.7. The molecular weight excluding hydrogens is 298 g/mol. The summed E-state index contributed by atoms with van der Waals surface area (Å²) < 4.78 is 0. The van der Waals surface area contributed by atoms with Crippen molar-refractivity contribution in [3.63, 3.8) is 0 Å². The number of thiocarbonyl (C=S) groups is 1. The van der Waals surface area contributed by atoms with Crippen LogP contribution in [0, 0.1) is 0 Å². The van der Waals surface area contributed by atoms with E-state index < -0.39 is 11.2 Å². The molecule has 1 aliphatic rings. The van der Waals surface area contributed by atoms with E-state index in [2.05, 4.69) is 27.7 Å². The highest BCUT2D eigenvalue weighted by molar-refractivity contribution is 7.78. The molecule has 2 rings (SSSR count). The molecule has 0 spiro atoms. The summed E-state index contributed by atoms with van der Waals surface area (Å²) in [6, 6.07) is 8.77. The Morgan fingerprint density at radius 2 is 1.82 bits per heavy atom. The fourth-order valence-electron chi connectivity index (χ4n) is 2.65. The van der Waals surface area contributed by atoms with Crippen molar-refractivity contribution in [2.75, 3.05) is 0 Å². The summed E-state index contributed by atoms with van der Waals surface area (Å²) in [5.74, 6) is -0.292. The van der Waals surface area contributed by atoms with Gasteiger partial charge in [0.05, 0.1) is 16.4 Å². The van der Waals surface area contributed by atoms with Crippen molar-refractivity contribution in [3.05, 3.63) is 47.3 Å². The van der Waals surface area contributed by atoms with Crippen LogP contribution < -0.4 is 5.32 Å². The zero-order valence-corrected chi connectivity index (χ0v) is 13.8. The van der Waals surface area contributed by atoms with Crippen molar-refractivity contribution < 1.29 is 10.0 Å². The van der Waals surface area contributed by atoms with Crippen LogP contribution in [0.1, 0.15) is 38.1 Å². The lowest BCUT2D eigenvalue weighted by Crippen LogP contribution is -2.47. The van der Waals surface area contributed by atoms with Gasteiger partial charge in [0, 0.05) is 5.56 Å². The van der Waals surface area contributed by atoms with E-state index >= 15 is 0 Å². The van der Waals surface area contributed by atoms with E-state index in [9.17, 15) is 10.0 Å². The summed E-state index contributed by atoms with van der Waals surface area (Å²) in [6.07, 6.45) is 0. The number of isothiocyanates is 1. The predicted molar refractivity (Wildman–Crippen MR) is 86.6 cm³/mol. The molecule has 0 unspecified atom stereocenters. The van der Waals surface area contributed by atoms with Crippen LogP contribution >= 0.6 is 12.2 Å². The summed E-state index contributed by atoms with van der Waals surface area (Å²) in [5.41, 5.74) is -0.688. The second-order valence-corrected chi connectivity index (χ2v) is 6.34. The quantitative estimate of drug-likeness (QED) is 0.403. The fraction of sp³-hybridized carbons (Fsp3) is 0.375. The number of benzene rings is 1. The smallest absolute Gasteiger partial charge is 0.214 e. The van der Waals surface area contributed by atoms with Gasteiger partial charge in [-0.25, -0.2) is 0 Å². The van der Waals surface area contributed by atoms with Crippen LogP contribution in [0.4, 0.5) is 0 Å². The molecular formula is C16H18N3O2S. The van der Waals surface area contributed by atoms with Gasteiger partial charge in [0.2, 0.25) is 5.78 Å². The first-order valence-corrected chi connectivity index (χ1v) is 7.30. The van der Waals surface area contributed by atoms with E-state index in [1.54, 1.807) is 52.0 Å². The number of carbonyl (C=O) groups excluding carboxylic acids is 1. The van der Waals surface area contributed by atoms with Crippen LogP contribution in [0.15, 0.2) is 46.7 Å². The molecule has 1 radical (unpaired) electrons. The average Bonchev–Trinajstić information content (AvgIpc) is 2.65. The highest BCUT2D eigenvalue weighted by Crippen LogP contribution is 2.37. The van der Waals surface area contributed by atoms with E-state index in [0.717, 1.165) is 5.06 Å². The molecule has 115 valence electrons. The second kappa shape index (κ2) is 5.74. The predicted octanol–water partition coefficient (Wildman–Crippen LogP) is 2.95. The molecule has 1 fully saturated rings. The van der Waals surface area contributed by atoms with E-state index in [0.29, 0.717) is 11.3 Å². The number of aliphatic imine (C=N–C) groups is 1. The molecule has 0 amide bonds. The number of hydroxylamine groups is 2. The Morgan fingerprint density at radius 1 is 1.23 bits per heavy atom. The number of Topliss-reactive ketones (excluding diaryl/α,β-unsaturated/α-hetero) is 1. The third-order valence-corrected chi connectivity index (χ3v) is 3.79. The van der Waals surface area contributed by atoms with Gasteiger partial charge >= 0.3 is 0 Å². The standard InChI is InChI=1S/C16H18N3O2S/c1-15(2)14(18-16(3,4)19(15)21)12(17-10-22)13(20)11-8-6-5-7-9-11/h5-9,18H,1-4H3/b14-12+. The van der Waals surface area contributed by atoms with E-state index in [1.807, 2.05) is 6.07 Å². The van der Waals surface area contributed by atoms with Gasteiger partial charge in [0.15, 0.2) is 0 Å². The Hall–Kier alpha value is -1.85. The SMILES string of the molecule is CC1(C)N/C(=C(/N=C=S)C(=O)c2ccccc2)C(C)(C)N1[O]. The maximum atomic E-state index is 12.7. The number of nitrogens with zero attached hydrogens (tertiary/aromatic N) is 2. The van der Waals surface area contributed by atoms with Crippen molar-refractivity contribution >= 4 is 23.2 Å². The molecule has 5 nitrogen and oxygen atoms in total. The Labute approximate surface area is 135 Å². The van der Waals surface area contributed by atoms with Crippen molar-refractivity contribution in [3.8, 4) is 0 Å². The first kappa shape index (κ1) is 16.5. The van der Waals surface area contributed by atoms with E-state index in [4.69, 9.17) is 0 Å². The maximum Gasteiger partial charge on any atom is 0.214 e. The molecule has 1 aromatic carbocycles. The minimum atomic E-state index is -0.918. The minimum absolute atomic E-state index is 0.123. The zero-order valence-electron chi connectivity index (χ0n) is 13.0. The lowest BCUT2D eigenvalue weighted by Gasteiger charge is -2.29. The Morgan fingerprint density at radius 3 is 2.27 bits per heavy atom. The molecule has 0 aliphatic carbocycles. The lowest BCUT2D eigenvalue weighted by molar-refractivity contribution is -0.243. The molecule has 22 heavy (non-hydrogen) atoms.